The van der Waals surface area contributed by atoms with Crippen LogP contribution in [0.25, 0.3) is 0 Å². The van der Waals surface area contributed by atoms with Crippen LogP contribution in [0.5, 0.6) is 11.5 Å². The molecule has 2 rings (SSSR count). The van der Waals surface area contributed by atoms with E-state index in [-0.39, 0.29) is 18.2 Å². The Morgan fingerprint density at radius 3 is 2.24 bits per heavy atom. The minimum atomic E-state index is -2.84. The molecule has 25 heavy (non-hydrogen) atoms. The van der Waals surface area contributed by atoms with E-state index in [0.717, 1.165) is 11.3 Å². The lowest BCUT2D eigenvalue weighted by molar-refractivity contribution is -0.117. The summed E-state index contributed by atoms with van der Waals surface area (Å²) in [4.78, 5) is 13.9. The SMILES string of the molecule is COc1ccc(NC(=O)CN(C)Cc2ccc(OC(F)F)cc2)cc1. The van der Waals surface area contributed by atoms with Gasteiger partial charge in [-0.25, -0.2) is 0 Å². The quantitative estimate of drug-likeness (QED) is 0.793. The summed E-state index contributed by atoms with van der Waals surface area (Å²) in [5.41, 5.74) is 1.58. The molecule has 0 spiro atoms. The van der Waals surface area contributed by atoms with Crippen LogP contribution < -0.4 is 14.8 Å². The Bertz CT molecular complexity index is 676. The molecule has 0 fully saturated rings. The van der Waals surface area contributed by atoms with Crippen LogP contribution in [0.4, 0.5) is 14.5 Å². The molecule has 0 aliphatic rings. The fraction of sp³-hybridized carbons (Fsp3) is 0.278. The van der Waals surface area contributed by atoms with E-state index < -0.39 is 6.61 Å². The number of hydrogen-bond donors (Lipinski definition) is 1. The van der Waals surface area contributed by atoms with Gasteiger partial charge in [0.05, 0.1) is 13.7 Å². The molecule has 5 nitrogen and oxygen atoms in total. The van der Waals surface area contributed by atoms with Gasteiger partial charge >= 0.3 is 6.61 Å². The van der Waals surface area contributed by atoms with E-state index in [1.165, 1.54) is 12.1 Å². The van der Waals surface area contributed by atoms with Crippen molar-refractivity contribution in [3.05, 3.63) is 54.1 Å². The number of methoxy groups -OCH3 is 1. The van der Waals surface area contributed by atoms with Crippen LogP contribution in [-0.2, 0) is 11.3 Å². The van der Waals surface area contributed by atoms with Crippen molar-refractivity contribution >= 4 is 11.6 Å². The number of halogens is 2. The average Bonchev–Trinajstić information content (AvgIpc) is 2.56. The molecule has 134 valence electrons. The monoisotopic (exact) mass is 350 g/mol. The van der Waals surface area contributed by atoms with Gasteiger partial charge < -0.3 is 14.8 Å². The molecule has 0 saturated heterocycles. The lowest BCUT2D eigenvalue weighted by Crippen LogP contribution is -2.29. The van der Waals surface area contributed by atoms with Crippen molar-refractivity contribution in [3.63, 3.8) is 0 Å². The Kier molecular flexibility index (Phi) is 6.71. The summed E-state index contributed by atoms with van der Waals surface area (Å²) in [7, 11) is 3.38. The molecule has 0 bridgehead atoms. The number of nitrogens with one attached hydrogen (secondary N) is 1. The zero-order valence-corrected chi connectivity index (χ0v) is 14.0. The van der Waals surface area contributed by atoms with E-state index in [9.17, 15) is 13.6 Å². The second kappa shape index (κ2) is 8.98. The third-order valence-corrected chi connectivity index (χ3v) is 3.39. The first-order valence-corrected chi connectivity index (χ1v) is 7.62. The third kappa shape index (κ3) is 6.39. The van der Waals surface area contributed by atoms with Gasteiger partial charge in [-0.05, 0) is 49.0 Å². The number of likely N-dealkylation sites (N-methyl/N-ethyl adjacent to an activating group) is 1. The summed E-state index contributed by atoms with van der Waals surface area (Å²) in [5, 5.41) is 2.80. The lowest BCUT2D eigenvalue weighted by Gasteiger charge is -2.16. The molecule has 0 atom stereocenters. The average molecular weight is 350 g/mol. The topological polar surface area (TPSA) is 50.8 Å². The number of ether oxygens (including phenoxy) is 2. The maximum atomic E-state index is 12.1. The predicted octanol–water partition coefficient (Wildman–Crippen LogP) is 3.37. The van der Waals surface area contributed by atoms with Gasteiger partial charge in [0.1, 0.15) is 11.5 Å². The molecule has 0 radical (unpaired) electrons. The fourth-order valence-corrected chi connectivity index (χ4v) is 2.26. The second-order valence-corrected chi connectivity index (χ2v) is 5.47. The highest BCUT2D eigenvalue weighted by Crippen LogP contribution is 2.16. The summed E-state index contributed by atoms with van der Waals surface area (Å²) in [5.74, 6) is 0.679. The molecule has 7 heteroatoms. The second-order valence-electron chi connectivity index (χ2n) is 5.47. The number of alkyl halides is 2. The summed E-state index contributed by atoms with van der Waals surface area (Å²) in [6, 6.07) is 13.4. The first kappa shape index (κ1) is 18.7. The standard InChI is InChI=1S/C18H20F2N2O3/c1-22(11-13-3-7-16(8-4-13)25-18(19)20)12-17(23)21-14-5-9-15(24-2)10-6-14/h3-10,18H,11-12H2,1-2H3,(H,21,23). The number of carbonyl (C=O) groups is 1. The van der Waals surface area contributed by atoms with Gasteiger partial charge in [-0.3, -0.25) is 9.69 Å². The highest BCUT2D eigenvalue weighted by Gasteiger charge is 2.09. The summed E-state index contributed by atoms with van der Waals surface area (Å²) >= 11 is 0. The van der Waals surface area contributed by atoms with Crippen molar-refractivity contribution < 1.29 is 23.0 Å². The number of carbonyl (C=O) groups excluding carboxylic acids is 1. The molecule has 0 aromatic heterocycles. The van der Waals surface area contributed by atoms with Crippen LogP contribution in [0.3, 0.4) is 0 Å². The van der Waals surface area contributed by atoms with E-state index in [4.69, 9.17) is 4.74 Å². The molecule has 0 heterocycles. The normalized spacial score (nSPS) is 10.8. The minimum absolute atomic E-state index is 0.110. The number of nitrogens with zero attached hydrogens (tertiary/aromatic N) is 1. The number of anilines is 1. The molecule has 0 aliphatic heterocycles. The van der Waals surface area contributed by atoms with Crippen molar-refractivity contribution in [3.8, 4) is 11.5 Å². The molecule has 0 unspecified atom stereocenters. The van der Waals surface area contributed by atoms with Crippen LogP contribution in [0.15, 0.2) is 48.5 Å². The van der Waals surface area contributed by atoms with E-state index in [0.29, 0.717) is 12.2 Å². The maximum Gasteiger partial charge on any atom is 0.387 e. The van der Waals surface area contributed by atoms with Crippen molar-refractivity contribution in [2.75, 3.05) is 26.0 Å². The molecule has 2 aromatic carbocycles. The Morgan fingerprint density at radius 2 is 1.68 bits per heavy atom. The Labute approximate surface area is 145 Å². The van der Waals surface area contributed by atoms with E-state index in [2.05, 4.69) is 10.1 Å². The van der Waals surface area contributed by atoms with Crippen LogP contribution in [0, 0.1) is 0 Å². The van der Waals surface area contributed by atoms with E-state index in [1.807, 2.05) is 4.90 Å². The Hall–Kier alpha value is -2.67. The fourth-order valence-electron chi connectivity index (χ4n) is 2.26. The summed E-state index contributed by atoms with van der Waals surface area (Å²) in [6.07, 6.45) is 0. The van der Waals surface area contributed by atoms with E-state index in [1.54, 1.807) is 50.6 Å². The molecule has 1 N–H and O–H groups in total. The van der Waals surface area contributed by atoms with E-state index >= 15 is 0 Å². The van der Waals surface area contributed by atoms with Crippen molar-refractivity contribution in [2.45, 2.75) is 13.2 Å². The molecule has 0 aliphatic carbocycles. The Morgan fingerprint density at radius 1 is 1.08 bits per heavy atom. The zero-order valence-electron chi connectivity index (χ0n) is 14.0. The third-order valence-electron chi connectivity index (χ3n) is 3.39. The molecular weight excluding hydrogens is 330 g/mol. The van der Waals surface area contributed by atoms with Gasteiger partial charge in [-0.15, -0.1) is 0 Å². The Balaban J connectivity index is 1.82. The molecule has 2 aromatic rings. The van der Waals surface area contributed by atoms with Crippen molar-refractivity contribution in [2.24, 2.45) is 0 Å². The largest absolute Gasteiger partial charge is 0.497 e. The molecular formula is C18H20F2N2O3. The zero-order chi connectivity index (χ0) is 18.2. The number of amides is 1. The number of benzene rings is 2. The van der Waals surface area contributed by atoms with Gasteiger partial charge in [0, 0.05) is 12.2 Å². The highest BCUT2D eigenvalue weighted by molar-refractivity contribution is 5.92. The van der Waals surface area contributed by atoms with Crippen LogP contribution in [0.1, 0.15) is 5.56 Å². The number of hydrogen-bond acceptors (Lipinski definition) is 4. The van der Waals surface area contributed by atoms with Crippen molar-refractivity contribution in [1.29, 1.82) is 0 Å². The van der Waals surface area contributed by atoms with Gasteiger partial charge in [0.25, 0.3) is 0 Å². The lowest BCUT2D eigenvalue weighted by atomic mass is 10.2. The van der Waals surface area contributed by atoms with Gasteiger partial charge in [0.2, 0.25) is 5.91 Å². The summed E-state index contributed by atoms with van der Waals surface area (Å²) in [6.45, 7) is -2.14. The van der Waals surface area contributed by atoms with Crippen LogP contribution in [-0.4, -0.2) is 38.1 Å². The smallest absolute Gasteiger partial charge is 0.387 e. The van der Waals surface area contributed by atoms with Gasteiger partial charge in [0.15, 0.2) is 0 Å². The molecule has 1 amide bonds. The predicted molar refractivity (Wildman–Crippen MR) is 91.0 cm³/mol. The van der Waals surface area contributed by atoms with Gasteiger partial charge in [-0.2, -0.15) is 8.78 Å². The molecule has 0 saturated carbocycles. The minimum Gasteiger partial charge on any atom is -0.497 e. The first-order chi connectivity index (χ1) is 12.0. The van der Waals surface area contributed by atoms with Gasteiger partial charge in [-0.1, -0.05) is 12.1 Å². The van der Waals surface area contributed by atoms with Crippen molar-refractivity contribution in [1.82, 2.24) is 4.90 Å². The summed E-state index contributed by atoms with van der Waals surface area (Å²) < 4.78 is 33.6. The van der Waals surface area contributed by atoms with Crippen LogP contribution in [0.2, 0.25) is 0 Å². The maximum absolute atomic E-state index is 12.1. The number of rotatable bonds is 8. The first-order valence-electron chi connectivity index (χ1n) is 7.62. The van der Waals surface area contributed by atoms with Crippen LogP contribution >= 0.6 is 0 Å². The highest BCUT2D eigenvalue weighted by atomic mass is 19.3.